The molecule has 27 heavy (non-hydrogen) atoms. The zero-order chi connectivity index (χ0) is 19.0. The fourth-order valence-corrected chi connectivity index (χ4v) is 3.83. The molecule has 1 unspecified atom stereocenters. The smallest absolute Gasteiger partial charge is 0.317 e. The van der Waals surface area contributed by atoms with Crippen LogP contribution in [0.15, 0.2) is 36.7 Å². The monoisotopic (exact) mass is 365 g/mol. The summed E-state index contributed by atoms with van der Waals surface area (Å²) in [5.41, 5.74) is 9.13. The topological polar surface area (TPSA) is 95.1 Å². The van der Waals surface area contributed by atoms with Gasteiger partial charge in [-0.3, -0.25) is 10.3 Å². The van der Waals surface area contributed by atoms with E-state index in [1.165, 1.54) is 0 Å². The SMILES string of the molecule is CCC1(c2cccc(-c3cn(C)c4cnc(NC(N)=O)cc34)n2)CCOC1. The van der Waals surface area contributed by atoms with Crippen molar-refractivity contribution in [3.05, 3.63) is 42.4 Å². The van der Waals surface area contributed by atoms with Crippen molar-refractivity contribution in [2.45, 2.75) is 25.2 Å². The number of nitrogens with two attached hydrogens (primary N) is 1. The normalized spacial score (nSPS) is 19.5. The van der Waals surface area contributed by atoms with E-state index in [1.807, 2.05) is 29.9 Å². The lowest BCUT2D eigenvalue weighted by Gasteiger charge is -2.25. The Morgan fingerprint density at radius 3 is 3.00 bits per heavy atom. The zero-order valence-corrected chi connectivity index (χ0v) is 15.5. The van der Waals surface area contributed by atoms with Crippen molar-refractivity contribution in [1.29, 1.82) is 0 Å². The van der Waals surface area contributed by atoms with Crippen molar-refractivity contribution in [2.75, 3.05) is 18.5 Å². The van der Waals surface area contributed by atoms with E-state index in [4.69, 9.17) is 15.5 Å². The highest BCUT2D eigenvalue weighted by Gasteiger charge is 2.36. The lowest BCUT2D eigenvalue weighted by Crippen LogP contribution is -2.26. The Morgan fingerprint density at radius 1 is 1.44 bits per heavy atom. The molecule has 1 aliphatic heterocycles. The van der Waals surface area contributed by atoms with E-state index in [2.05, 4.69) is 29.4 Å². The molecule has 1 saturated heterocycles. The molecule has 7 nitrogen and oxygen atoms in total. The molecule has 7 heteroatoms. The number of aryl methyl sites for hydroxylation is 1. The number of nitrogens with zero attached hydrogens (tertiary/aromatic N) is 3. The number of nitrogens with one attached hydrogen (secondary N) is 1. The van der Waals surface area contributed by atoms with Gasteiger partial charge in [0, 0.05) is 41.9 Å². The molecule has 1 fully saturated rings. The molecule has 3 aromatic heterocycles. The molecule has 4 rings (SSSR count). The average molecular weight is 365 g/mol. The van der Waals surface area contributed by atoms with Crippen LogP contribution in [0.1, 0.15) is 25.5 Å². The van der Waals surface area contributed by atoms with Crippen molar-refractivity contribution in [3.8, 4) is 11.3 Å². The predicted molar refractivity (Wildman–Crippen MR) is 105 cm³/mol. The highest BCUT2D eigenvalue weighted by Crippen LogP contribution is 2.37. The first-order chi connectivity index (χ1) is 13.0. The molecule has 0 aliphatic carbocycles. The van der Waals surface area contributed by atoms with Crippen LogP contribution in [0.3, 0.4) is 0 Å². The predicted octanol–water partition coefficient (Wildman–Crippen LogP) is 3.19. The minimum Gasteiger partial charge on any atom is -0.380 e. The number of rotatable bonds is 4. The minimum atomic E-state index is -0.634. The molecule has 140 valence electrons. The van der Waals surface area contributed by atoms with Gasteiger partial charge in [0.05, 0.1) is 24.0 Å². The van der Waals surface area contributed by atoms with E-state index >= 15 is 0 Å². The quantitative estimate of drug-likeness (QED) is 0.742. The number of hydrogen-bond acceptors (Lipinski definition) is 4. The summed E-state index contributed by atoms with van der Waals surface area (Å²) in [5, 5.41) is 3.50. The number of fused-ring (bicyclic) bond motifs is 1. The third-order valence-corrected chi connectivity index (χ3v) is 5.48. The molecule has 1 atom stereocenters. The van der Waals surface area contributed by atoms with Crippen molar-refractivity contribution in [3.63, 3.8) is 0 Å². The summed E-state index contributed by atoms with van der Waals surface area (Å²) in [6.07, 6.45) is 5.75. The summed E-state index contributed by atoms with van der Waals surface area (Å²) in [7, 11) is 1.97. The van der Waals surface area contributed by atoms with Gasteiger partial charge in [-0.1, -0.05) is 13.0 Å². The van der Waals surface area contributed by atoms with Crippen molar-refractivity contribution in [1.82, 2.24) is 14.5 Å². The first-order valence-corrected chi connectivity index (χ1v) is 9.09. The van der Waals surface area contributed by atoms with Gasteiger partial charge in [-0.25, -0.2) is 9.78 Å². The Kier molecular flexibility index (Phi) is 4.31. The molecular weight excluding hydrogens is 342 g/mol. The van der Waals surface area contributed by atoms with Gasteiger partial charge in [-0.15, -0.1) is 0 Å². The van der Waals surface area contributed by atoms with Crippen LogP contribution in [0.25, 0.3) is 22.2 Å². The third-order valence-electron chi connectivity index (χ3n) is 5.48. The number of carbonyl (C=O) groups is 1. The van der Waals surface area contributed by atoms with E-state index < -0.39 is 6.03 Å². The Hall–Kier alpha value is -2.93. The number of primary amides is 1. The van der Waals surface area contributed by atoms with E-state index in [9.17, 15) is 4.79 Å². The van der Waals surface area contributed by atoms with E-state index in [0.717, 1.165) is 47.3 Å². The Morgan fingerprint density at radius 2 is 2.30 bits per heavy atom. The molecular formula is C20H23N5O2. The first kappa shape index (κ1) is 17.5. The fraction of sp³-hybridized carbons (Fsp3) is 0.350. The molecule has 3 aromatic rings. The molecule has 0 aromatic carbocycles. The number of hydrogen-bond donors (Lipinski definition) is 2. The van der Waals surface area contributed by atoms with Crippen LogP contribution >= 0.6 is 0 Å². The van der Waals surface area contributed by atoms with Gasteiger partial charge in [-0.05, 0) is 31.0 Å². The van der Waals surface area contributed by atoms with Crippen LogP contribution in [-0.2, 0) is 17.2 Å². The molecule has 0 radical (unpaired) electrons. The number of urea groups is 1. The summed E-state index contributed by atoms with van der Waals surface area (Å²) in [6, 6.07) is 7.35. The Labute approximate surface area is 157 Å². The summed E-state index contributed by atoms with van der Waals surface area (Å²) >= 11 is 0. The minimum absolute atomic E-state index is 0.0131. The lowest BCUT2D eigenvalue weighted by atomic mass is 9.80. The molecule has 3 N–H and O–H groups in total. The Balaban J connectivity index is 1.82. The van der Waals surface area contributed by atoms with Crippen LogP contribution in [0.2, 0.25) is 0 Å². The molecule has 0 spiro atoms. The summed E-state index contributed by atoms with van der Waals surface area (Å²) in [5.74, 6) is 0.424. The standard InChI is InChI=1S/C20H23N5O2/c1-3-20(7-8-27-12-20)17-6-4-5-15(23-17)14-11-25(2)16-10-22-18(9-13(14)16)24-19(21)26/h4-6,9-11H,3,7-8,12H2,1-2H3,(H3,21,22,24,26). The maximum absolute atomic E-state index is 11.2. The summed E-state index contributed by atoms with van der Waals surface area (Å²) in [4.78, 5) is 20.4. The molecule has 0 saturated carbocycles. The number of amides is 2. The number of pyridine rings is 2. The van der Waals surface area contributed by atoms with Crippen LogP contribution in [-0.4, -0.2) is 33.8 Å². The zero-order valence-electron chi connectivity index (χ0n) is 15.5. The second kappa shape index (κ2) is 6.66. The van der Waals surface area contributed by atoms with Crippen LogP contribution < -0.4 is 11.1 Å². The van der Waals surface area contributed by atoms with Crippen molar-refractivity contribution in [2.24, 2.45) is 12.8 Å². The number of carbonyl (C=O) groups excluding carboxylic acids is 1. The lowest BCUT2D eigenvalue weighted by molar-refractivity contribution is 0.174. The van der Waals surface area contributed by atoms with Crippen molar-refractivity contribution < 1.29 is 9.53 Å². The largest absolute Gasteiger partial charge is 0.380 e. The van der Waals surface area contributed by atoms with Crippen LogP contribution in [0.4, 0.5) is 10.6 Å². The highest BCUT2D eigenvalue weighted by atomic mass is 16.5. The Bertz CT molecular complexity index is 1000. The number of anilines is 1. The maximum Gasteiger partial charge on any atom is 0.317 e. The number of aromatic nitrogens is 3. The van der Waals surface area contributed by atoms with E-state index in [1.54, 1.807) is 6.20 Å². The van der Waals surface area contributed by atoms with Gasteiger partial charge in [0.1, 0.15) is 5.82 Å². The van der Waals surface area contributed by atoms with Crippen LogP contribution in [0.5, 0.6) is 0 Å². The van der Waals surface area contributed by atoms with Crippen LogP contribution in [0, 0.1) is 0 Å². The van der Waals surface area contributed by atoms with E-state index in [0.29, 0.717) is 12.4 Å². The van der Waals surface area contributed by atoms with Gasteiger partial charge in [0.2, 0.25) is 0 Å². The molecule has 1 aliphatic rings. The summed E-state index contributed by atoms with van der Waals surface area (Å²) < 4.78 is 7.68. The van der Waals surface area contributed by atoms with Gasteiger partial charge in [-0.2, -0.15) is 0 Å². The van der Waals surface area contributed by atoms with Gasteiger partial charge in [0.25, 0.3) is 0 Å². The molecule has 4 heterocycles. The maximum atomic E-state index is 11.2. The average Bonchev–Trinajstić information content (AvgIpc) is 3.27. The van der Waals surface area contributed by atoms with Gasteiger partial charge in [0.15, 0.2) is 0 Å². The van der Waals surface area contributed by atoms with Gasteiger partial charge >= 0.3 is 6.03 Å². The number of ether oxygens (including phenoxy) is 1. The first-order valence-electron chi connectivity index (χ1n) is 9.09. The second-order valence-electron chi connectivity index (χ2n) is 7.07. The fourth-order valence-electron chi connectivity index (χ4n) is 3.83. The molecule has 0 bridgehead atoms. The van der Waals surface area contributed by atoms with E-state index in [-0.39, 0.29) is 5.41 Å². The van der Waals surface area contributed by atoms with Crippen molar-refractivity contribution >= 4 is 22.8 Å². The highest BCUT2D eigenvalue weighted by molar-refractivity contribution is 5.98. The third kappa shape index (κ3) is 3.04. The second-order valence-corrected chi connectivity index (χ2v) is 7.07. The van der Waals surface area contributed by atoms with Gasteiger partial charge < -0.3 is 15.0 Å². The molecule has 2 amide bonds. The summed E-state index contributed by atoms with van der Waals surface area (Å²) in [6.45, 7) is 3.68.